The highest BCUT2D eigenvalue weighted by Crippen LogP contribution is 2.27. The number of aromatic nitrogens is 3. The van der Waals surface area contributed by atoms with Gasteiger partial charge in [-0.05, 0) is 23.6 Å². The zero-order chi connectivity index (χ0) is 16.7. The van der Waals surface area contributed by atoms with Crippen LogP contribution in [0.25, 0.3) is 0 Å². The molecule has 22 heavy (non-hydrogen) atoms. The second kappa shape index (κ2) is 5.77. The molecule has 7 nitrogen and oxygen atoms in total. The molecule has 0 fully saturated rings. The smallest absolute Gasteiger partial charge is 0.264 e. The van der Waals surface area contributed by atoms with Crippen molar-refractivity contribution in [2.75, 3.05) is 4.72 Å². The van der Waals surface area contributed by atoms with Gasteiger partial charge in [0, 0.05) is 14.1 Å². The minimum atomic E-state index is -3.94. The van der Waals surface area contributed by atoms with Crippen molar-refractivity contribution in [2.24, 2.45) is 14.1 Å². The van der Waals surface area contributed by atoms with Crippen LogP contribution >= 0.6 is 11.6 Å². The monoisotopic (exact) mass is 344 g/mol. The van der Waals surface area contributed by atoms with Crippen LogP contribution in [0.4, 0.5) is 5.95 Å². The van der Waals surface area contributed by atoms with E-state index >= 15 is 0 Å². The minimum Gasteiger partial charge on any atom is -0.264 e. The van der Waals surface area contributed by atoms with Crippen LogP contribution in [0.15, 0.2) is 27.9 Å². The molecular weight excluding hydrogens is 328 g/mol. The summed E-state index contributed by atoms with van der Waals surface area (Å²) in [6.07, 6.45) is 0. The largest absolute Gasteiger partial charge is 0.346 e. The number of benzene rings is 1. The first-order valence-corrected chi connectivity index (χ1v) is 8.42. The van der Waals surface area contributed by atoms with Crippen LogP contribution < -0.4 is 10.4 Å². The Kier molecular flexibility index (Phi) is 4.35. The molecule has 0 spiro atoms. The van der Waals surface area contributed by atoms with Crippen molar-refractivity contribution in [2.45, 2.75) is 24.7 Å². The normalized spacial score (nSPS) is 11.9. The second-order valence-electron chi connectivity index (χ2n) is 5.24. The van der Waals surface area contributed by atoms with Crippen molar-refractivity contribution < 1.29 is 8.42 Å². The third-order valence-electron chi connectivity index (χ3n) is 3.26. The fourth-order valence-electron chi connectivity index (χ4n) is 1.91. The molecule has 0 amide bonds. The Morgan fingerprint density at radius 3 is 2.41 bits per heavy atom. The number of aryl methyl sites for hydroxylation is 1. The van der Waals surface area contributed by atoms with E-state index in [1.165, 1.54) is 20.2 Å². The van der Waals surface area contributed by atoms with E-state index in [-0.39, 0.29) is 21.8 Å². The lowest BCUT2D eigenvalue weighted by Crippen LogP contribution is -2.22. The van der Waals surface area contributed by atoms with Gasteiger partial charge < -0.3 is 0 Å². The molecule has 120 valence electrons. The quantitative estimate of drug-likeness (QED) is 0.914. The molecule has 0 bridgehead atoms. The van der Waals surface area contributed by atoms with E-state index in [4.69, 9.17) is 11.6 Å². The lowest BCUT2D eigenvalue weighted by molar-refractivity contribution is 0.600. The van der Waals surface area contributed by atoms with Gasteiger partial charge in [-0.2, -0.15) is 0 Å². The number of anilines is 1. The summed E-state index contributed by atoms with van der Waals surface area (Å²) in [7, 11) is -1.08. The molecule has 0 aliphatic rings. The topological polar surface area (TPSA) is 86.0 Å². The molecule has 9 heteroatoms. The first kappa shape index (κ1) is 16.6. The lowest BCUT2D eigenvalue weighted by Gasteiger charge is -2.11. The third kappa shape index (κ3) is 3.02. The molecule has 1 N–H and O–H groups in total. The van der Waals surface area contributed by atoms with Crippen molar-refractivity contribution in [3.8, 4) is 0 Å². The maximum atomic E-state index is 12.5. The Hall–Kier alpha value is -1.80. The minimum absolute atomic E-state index is 0.0431. The predicted molar refractivity (Wildman–Crippen MR) is 84.8 cm³/mol. The Morgan fingerprint density at radius 2 is 1.91 bits per heavy atom. The van der Waals surface area contributed by atoms with Gasteiger partial charge >= 0.3 is 5.69 Å². The lowest BCUT2D eigenvalue weighted by atomic mass is 10.0. The van der Waals surface area contributed by atoms with Gasteiger partial charge in [-0.15, -0.1) is 5.10 Å². The van der Waals surface area contributed by atoms with Gasteiger partial charge in [0.2, 0.25) is 5.95 Å². The molecule has 0 unspecified atom stereocenters. The number of nitrogens with zero attached hydrogens (tertiary/aromatic N) is 3. The highest BCUT2D eigenvalue weighted by molar-refractivity contribution is 7.92. The fraction of sp³-hybridized carbons (Fsp3) is 0.385. The summed E-state index contributed by atoms with van der Waals surface area (Å²) in [6, 6.07) is 4.85. The molecule has 0 saturated carbocycles. The van der Waals surface area contributed by atoms with E-state index < -0.39 is 15.7 Å². The van der Waals surface area contributed by atoms with Crippen molar-refractivity contribution >= 4 is 27.6 Å². The number of nitrogens with one attached hydrogen (secondary N) is 1. The molecule has 0 radical (unpaired) electrons. The summed E-state index contributed by atoms with van der Waals surface area (Å²) >= 11 is 6.01. The van der Waals surface area contributed by atoms with Crippen LogP contribution in [0.1, 0.15) is 25.3 Å². The van der Waals surface area contributed by atoms with Crippen LogP contribution in [-0.4, -0.2) is 22.8 Å². The molecular formula is C13H17ClN4O3S. The number of hydrogen-bond donors (Lipinski definition) is 1. The van der Waals surface area contributed by atoms with E-state index in [1.54, 1.807) is 12.1 Å². The van der Waals surface area contributed by atoms with E-state index in [0.29, 0.717) is 0 Å². The van der Waals surface area contributed by atoms with Gasteiger partial charge in [0.15, 0.2) is 0 Å². The molecule has 0 saturated heterocycles. The van der Waals surface area contributed by atoms with E-state index in [1.807, 2.05) is 13.8 Å². The molecule has 2 aromatic rings. The molecule has 1 aromatic carbocycles. The third-order valence-corrected chi connectivity index (χ3v) is 5.07. The van der Waals surface area contributed by atoms with E-state index in [9.17, 15) is 13.2 Å². The first-order chi connectivity index (χ1) is 10.1. The van der Waals surface area contributed by atoms with Gasteiger partial charge in [-0.25, -0.2) is 22.6 Å². The summed E-state index contributed by atoms with van der Waals surface area (Å²) in [5.41, 5.74) is 0.416. The van der Waals surface area contributed by atoms with Gasteiger partial charge in [-0.3, -0.25) is 4.57 Å². The summed E-state index contributed by atoms with van der Waals surface area (Å²) in [5.74, 6) is 0.0870. The summed E-state index contributed by atoms with van der Waals surface area (Å²) in [6.45, 7) is 3.91. The zero-order valence-electron chi connectivity index (χ0n) is 12.7. The van der Waals surface area contributed by atoms with Crippen molar-refractivity contribution in [3.05, 3.63) is 39.3 Å². The molecule has 0 aliphatic heterocycles. The van der Waals surface area contributed by atoms with Crippen LogP contribution in [0, 0.1) is 0 Å². The van der Waals surface area contributed by atoms with Crippen LogP contribution in [0.3, 0.4) is 0 Å². The van der Waals surface area contributed by atoms with Crippen molar-refractivity contribution in [1.82, 2.24) is 14.3 Å². The van der Waals surface area contributed by atoms with E-state index in [2.05, 4.69) is 9.82 Å². The van der Waals surface area contributed by atoms with Crippen LogP contribution in [0.2, 0.25) is 5.02 Å². The number of halogens is 1. The maximum absolute atomic E-state index is 12.5. The summed E-state index contributed by atoms with van der Waals surface area (Å²) in [4.78, 5) is 11.6. The summed E-state index contributed by atoms with van der Waals surface area (Å²) in [5, 5.41) is 3.95. The van der Waals surface area contributed by atoms with Gasteiger partial charge in [0.05, 0.1) is 5.02 Å². The summed E-state index contributed by atoms with van der Waals surface area (Å²) < 4.78 is 29.5. The Balaban J connectivity index is 2.49. The average molecular weight is 345 g/mol. The van der Waals surface area contributed by atoms with Crippen molar-refractivity contribution in [3.63, 3.8) is 0 Å². The Morgan fingerprint density at radius 1 is 1.27 bits per heavy atom. The van der Waals surface area contributed by atoms with Crippen LogP contribution in [-0.2, 0) is 24.1 Å². The predicted octanol–water partition coefficient (Wildman–Crippen LogP) is 1.70. The highest BCUT2D eigenvalue weighted by Gasteiger charge is 2.22. The molecule has 1 heterocycles. The van der Waals surface area contributed by atoms with Gasteiger partial charge in [-0.1, -0.05) is 31.5 Å². The van der Waals surface area contributed by atoms with Gasteiger partial charge in [0.25, 0.3) is 10.0 Å². The molecule has 2 rings (SSSR count). The first-order valence-electron chi connectivity index (χ1n) is 6.55. The average Bonchev–Trinajstić information content (AvgIpc) is 2.65. The SMILES string of the molecule is CC(C)c1ccc(Cl)c(S(=O)(=O)Nc2nn(C)c(=O)n2C)c1. The standard InChI is InChI=1S/C13H17ClN4O3S/c1-8(2)9-5-6-10(14)11(7-9)22(20,21)16-12-15-18(4)13(19)17(12)3/h5-8H,1-4H3,(H,15,16). The Bertz CT molecular complexity index is 868. The van der Waals surface area contributed by atoms with Crippen molar-refractivity contribution in [1.29, 1.82) is 0 Å². The molecule has 0 atom stereocenters. The Labute approximate surface area is 133 Å². The number of hydrogen-bond acceptors (Lipinski definition) is 4. The highest BCUT2D eigenvalue weighted by atomic mass is 35.5. The fourth-order valence-corrected chi connectivity index (χ4v) is 3.47. The van der Waals surface area contributed by atoms with Gasteiger partial charge in [0.1, 0.15) is 4.90 Å². The molecule has 0 aliphatic carbocycles. The number of rotatable bonds is 4. The zero-order valence-corrected chi connectivity index (χ0v) is 14.2. The number of sulfonamides is 1. The van der Waals surface area contributed by atoms with E-state index in [0.717, 1.165) is 14.8 Å². The molecule has 1 aromatic heterocycles. The van der Waals surface area contributed by atoms with Crippen LogP contribution in [0.5, 0.6) is 0 Å². The maximum Gasteiger partial charge on any atom is 0.346 e. The second-order valence-corrected chi connectivity index (χ2v) is 7.30.